The van der Waals surface area contributed by atoms with Gasteiger partial charge in [0.15, 0.2) is 0 Å². The maximum absolute atomic E-state index is 6.51. The van der Waals surface area contributed by atoms with Crippen LogP contribution in [0.4, 0.5) is 0 Å². The van der Waals surface area contributed by atoms with Crippen molar-refractivity contribution in [1.82, 2.24) is 5.32 Å². The summed E-state index contributed by atoms with van der Waals surface area (Å²) in [6.45, 7) is 6.27. The lowest BCUT2D eigenvalue weighted by Gasteiger charge is -2.21. The van der Waals surface area contributed by atoms with Gasteiger partial charge in [-0.2, -0.15) is 0 Å². The van der Waals surface area contributed by atoms with Crippen molar-refractivity contribution in [3.8, 4) is 0 Å². The van der Waals surface area contributed by atoms with Crippen molar-refractivity contribution in [2.45, 2.75) is 64.5 Å². The number of nitrogens with one attached hydrogen (secondary N) is 1. The normalized spacial score (nSPS) is 19.9. The van der Waals surface area contributed by atoms with Crippen molar-refractivity contribution in [2.75, 3.05) is 13.2 Å². The van der Waals surface area contributed by atoms with Gasteiger partial charge in [0, 0.05) is 17.7 Å². The second-order valence-electron chi connectivity index (χ2n) is 6.05. The molecule has 1 N–H and O–H groups in total. The average molecular weight is 310 g/mol. The van der Waals surface area contributed by atoms with E-state index >= 15 is 0 Å². The van der Waals surface area contributed by atoms with Gasteiger partial charge in [-0.05, 0) is 63.1 Å². The van der Waals surface area contributed by atoms with E-state index < -0.39 is 0 Å². The molecule has 0 aromatic heterocycles. The van der Waals surface area contributed by atoms with Gasteiger partial charge in [-0.25, -0.2) is 0 Å². The summed E-state index contributed by atoms with van der Waals surface area (Å²) in [5, 5.41) is 4.57. The summed E-state index contributed by atoms with van der Waals surface area (Å²) in [5.41, 5.74) is 2.41. The molecule has 0 amide bonds. The Hall–Kier alpha value is -0.570. The Kier molecular flexibility index (Phi) is 7.01. The fraction of sp³-hybridized carbons (Fsp3) is 0.667. The summed E-state index contributed by atoms with van der Waals surface area (Å²) < 4.78 is 5.72. The number of hydrogen-bond acceptors (Lipinski definition) is 2. The van der Waals surface area contributed by atoms with Gasteiger partial charge >= 0.3 is 0 Å². The largest absolute Gasteiger partial charge is 0.378 e. The van der Waals surface area contributed by atoms with Crippen LogP contribution in [0.25, 0.3) is 0 Å². The molecule has 2 unspecified atom stereocenters. The van der Waals surface area contributed by atoms with Crippen LogP contribution in [-0.4, -0.2) is 19.3 Å². The van der Waals surface area contributed by atoms with E-state index in [0.29, 0.717) is 12.1 Å². The topological polar surface area (TPSA) is 21.3 Å². The lowest BCUT2D eigenvalue weighted by molar-refractivity contribution is 0.101. The molecule has 1 heterocycles. The zero-order valence-electron chi connectivity index (χ0n) is 13.3. The van der Waals surface area contributed by atoms with Crippen LogP contribution >= 0.6 is 11.6 Å². The third-order valence-corrected chi connectivity index (χ3v) is 4.80. The molecule has 2 atom stereocenters. The van der Waals surface area contributed by atoms with Gasteiger partial charge in [0.05, 0.1) is 6.10 Å². The molecule has 2 rings (SSSR count). The first-order chi connectivity index (χ1) is 10.2. The molecule has 118 valence electrons. The average Bonchev–Trinajstić information content (AvgIpc) is 2.99. The highest BCUT2D eigenvalue weighted by molar-refractivity contribution is 6.32. The number of ether oxygens (including phenoxy) is 1. The summed E-state index contributed by atoms with van der Waals surface area (Å²) in [4.78, 5) is 0. The van der Waals surface area contributed by atoms with Crippen molar-refractivity contribution < 1.29 is 4.74 Å². The van der Waals surface area contributed by atoms with E-state index in [1.165, 1.54) is 31.2 Å². The molecular formula is C18H28ClNO. The first-order valence-electron chi connectivity index (χ1n) is 8.32. The predicted molar refractivity (Wildman–Crippen MR) is 90.0 cm³/mol. The molecule has 21 heavy (non-hydrogen) atoms. The van der Waals surface area contributed by atoms with E-state index in [4.69, 9.17) is 16.3 Å². The molecule has 0 bridgehead atoms. The van der Waals surface area contributed by atoms with Crippen LogP contribution in [0.5, 0.6) is 0 Å². The molecule has 1 aliphatic heterocycles. The zero-order chi connectivity index (χ0) is 15.1. The van der Waals surface area contributed by atoms with Crippen LogP contribution in [0.1, 0.15) is 62.6 Å². The lowest BCUT2D eigenvalue weighted by Crippen LogP contribution is -2.23. The van der Waals surface area contributed by atoms with E-state index in [1.807, 2.05) is 0 Å². The SMILES string of the molecule is CCCNC(CCCC1CCCO1)c1cccc(C)c1Cl. The van der Waals surface area contributed by atoms with E-state index in [0.717, 1.165) is 36.6 Å². The molecule has 2 nitrogen and oxygen atoms in total. The number of benzene rings is 1. The Labute approximate surface area is 134 Å². The third-order valence-electron chi connectivity index (χ3n) is 4.28. The lowest BCUT2D eigenvalue weighted by atomic mass is 9.97. The Morgan fingerprint density at radius 1 is 1.43 bits per heavy atom. The highest BCUT2D eigenvalue weighted by atomic mass is 35.5. The number of halogens is 1. The molecule has 0 saturated carbocycles. The Balaban J connectivity index is 1.94. The minimum Gasteiger partial charge on any atom is -0.378 e. The zero-order valence-corrected chi connectivity index (χ0v) is 14.1. The van der Waals surface area contributed by atoms with Gasteiger partial charge in [-0.1, -0.05) is 36.7 Å². The number of hydrogen-bond donors (Lipinski definition) is 1. The van der Waals surface area contributed by atoms with Gasteiger partial charge in [-0.15, -0.1) is 0 Å². The second-order valence-corrected chi connectivity index (χ2v) is 6.43. The molecule has 0 spiro atoms. The first kappa shape index (κ1) is 16.8. The van der Waals surface area contributed by atoms with Gasteiger partial charge in [0.2, 0.25) is 0 Å². The van der Waals surface area contributed by atoms with Crippen LogP contribution in [0.2, 0.25) is 5.02 Å². The van der Waals surface area contributed by atoms with E-state index in [-0.39, 0.29) is 0 Å². The van der Waals surface area contributed by atoms with Crippen LogP contribution in [-0.2, 0) is 4.74 Å². The van der Waals surface area contributed by atoms with Gasteiger partial charge in [0.1, 0.15) is 0 Å². The van der Waals surface area contributed by atoms with E-state index in [9.17, 15) is 0 Å². The molecule has 1 aliphatic rings. The van der Waals surface area contributed by atoms with E-state index in [2.05, 4.69) is 37.4 Å². The fourth-order valence-corrected chi connectivity index (χ4v) is 3.30. The predicted octanol–water partition coefficient (Wildman–Crippen LogP) is 5.04. The Morgan fingerprint density at radius 2 is 2.29 bits per heavy atom. The Bertz CT molecular complexity index is 429. The monoisotopic (exact) mass is 309 g/mol. The van der Waals surface area contributed by atoms with Crippen molar-refractivity contribution >= 4 is 11.6 Å². The molecule has 1 saturated heterocycles. The summed E-state index contributed by atoms with van der Waals surface area (Å²) in [5.74, 6) is 0. The fourth-order valence-electron chi connectivity index (χ4n) is 3.05. The van der Waals surface area contributed by atoms with Crippen LogP contribution in [0.3, 0.4) is 0 Å². The maximum Gasteiger partial charge on any atom is 0.0576 e. The molecule has 1 aromatic rings. The van der Waals surface area contributed by atoms with Crippen LogP contribution in [0.15, 0.2) is 18.2 Å². The van der Waals surface area contributed by atoms with Gasteiger partial charge in [-0.3, -0.25) is 0 Å². The number of aryl methyl sites for hydroxylation is 1. The number of rotatable bonds is 8. The minimum absolute atomic E-state index is 0.360. The highest BCUT2D eigenvalue weighted by Crippen LogP contribution is 2.30. The molecule has 0 aliphatic carbocycles. The third kappa shape index (κ3) is 4.98. The first-order valence-corrected chi connectivity index (χ1v) is 8.70. The minimum atomic E-state index is 0.360. The summed E-state index contributed by atoms with van der Waals surface area (Å²) >= 11 is 6.51. The van der Waals surface area contributed by atoms with Crippen molar-refractivity contribution in [3.63, 3.8) is 0 Å². The Morgan fingerprint density at radius 3 is 3.00 bits per heavy atom. The van der Waals surface area contributed by atoms with Gasteiger partial charge in [0.25, 0.3) is 0 Å². The van der Waals surface area contributed by atoms with Gasteiger partial charge < -0.3 is 10.1 Å². The van der Waals surface area contributed by atoms with Crippen LogP contribution in [0, 0.1) is 6.92 Å². The van der Waals surface area contributed by atoms with Crippen molar-refractivity contribution in [3.05, 3.63) is 34.3 Å². The van der Waals surface area contributed by atoms with Crippen LogP contribution < -0.4 is 5.32 Å². The quantitative estimate of drug-likeness (QED) is 0.726. The molecular weight excluding hydrogens is 282 g/mol. The smallest absolute Gasteiger partial charge is 0.0576 e. The summed E-state index contributed by atoms with van der Waals surface area (Å²) in [6, 6.07) is 6.71. The standard InChI is InChI=1S/C18H28ClNO/c1-3-12-20-17(11-5-8-15-9-6-13-21-15)16-10-4-7-14(2)18(16)19/h4,7,10,15,17,20H,3,5-6,8-9,11-13H2,1-2H3. The van der Waals surface area contributed by atoms with Crippen molar-refractivity contribution in [2.24, 2.45) is 0 Å². The second kappa shape index (κ2) is 8.77. The summed E-state index contributed by atoms with van der Waals surface area (Å²) in [6.07, 6.45) is 7.59. The molecule has 0 radical (unpaired) electrons. The van der Waals surface area contributed by atoms with E-state index in [1.54, 1.807) is 0 Å². The maximum atomic E-state index is 6.51. The molecule has 1 aromatic carbocycles. The summed E-state index contributed by atoms with van der Waals surface area (Å²) in [7, 11) is 0. The molecule has 3 heteroatoms. The highest BCUT2D eigenvalue weighted by Gasteiger charge is 2.18. The van der Waals surface area contributed by atoms with Crippen molar-refractivity contribution in [1.29, 1.82) is 0 Å². The molecule has 1 fully saturated rings.